The molecular formula is C20H15Cl2NO2S. The molecule has 2 atom stereocenters. The van der Waals surface area contributed by atoms with Gasteiger partial charge in [-0.05, 0) is 29.3 Å². The lowest BCUT2D eigenvalue weighted by atomic mass is 10.0. The number of nitrogens with zero attached hydrogens (tertiary/aromatic N) is 1. The van der Waals surface area contributed by atoms with Crippen molar-refractivity contribution in [3.63, 3.8) is 0 Å². The van der Waals surface area contributed by atoms with Gasteiger partial charge in [0.1, 0.15) is 4.90 Å². The van der Waals surface area contributed by atoms with E-state index in [2.05, 4.69) is 0 Å². The smallest absolute Gasteiger partial charge is 0.207 e. The SMILES string of the molecule is O=S(=O)(c1ccc(Cl)cc1Cl)N1C(c2ccccc2)C1c1ccccc1. The molecule has 0 amide bonds. The Balaban J connectivity index is 1.80. The first-order valence-corrected chi connectivity index (χ1v) is 10.3. The maximum absolute atomic E-state index is 13.3. The van der Waals surface area contributed by atoms with Crippen LogP contribution in [0.5, 0.6) is 0 Å². The highest BCUT2D eigenvalue weighted by atomic mass is 35.5. The third-order valence-electron chi connectivity index (χ3n) is 4.49. The van der Waals surface area contributed by atoms with Gasteiger partial charge in [-0.2, -0.15) is 4.31 Å². The van der Waals surface area contributed by atoms with Crippen molar-refractivity contribution in [3.05, 3.63) is 100 Å². The highest BCUT2D eigenvalue weighted by molar-refractivity contribution is 7.89. The first-order chi connectivity index (χ1) is 12.5. The molecular weight excluding hydrogens is 389 g/mol. The van der Waals surface area contributed by atoms with Gasteiger partial charge < -0.3 is 0 Å². The quantitative estimate of drug-likeness (QED) is 0.540. The van der Waals surface area contributed by atoms with Gasteiger partial charge in [-0.15, -0.1) is 0 Å². The lowest BCUT2D eigenvalue weighted by Crippen LogP contribution is -2.14. The maximum Gasteiger partial charge on any atom is 0.245 e. The van der Waals surface area contributed by atoms with Crippen molar-refractivity contribution in [2.45, 2.75) is 17.0 Å². The van der Waals surface area contributed by atoms with E-state index in [0.29, 0.717) is 5.02 Å². The zero-order chi connectivity index (χ0) is 18.3. The van der Waals surface area contributed by atoms with Gasteiger partial charge in [0.25, 0.3) is 0 Å². The summed E-state index contributed by atoms with van der Waals surface area (Å²) in [7, 11) is -3.77. The molecule has 26 heavy (non-hydrogen) atoms. The molecule has 1 aliphatic rings. The minimum absolute atomic E-state index is 0.0722. The van der Waals surface area contributed by atoms with Crippen LogP contribution in [0.1, 0.15) is 23.2 Å². The van der Waals surface area contributed by atoms with Crippen LogP contribution in [-0.4, -0.2) is 12.7 Å². The summed E-state index contributed by atoms with van der Waals surface area (Å²) >= 11 is 12.1. The molecule has 1 fully saturated rings. The number of sulfonamides is 1. The fraction of sp³-hybridized carbons (Fsp3) is 0.100. The first-order valence-electron chi connectivity index (χ1n) is 8.08. The Hall–Kier alpha value is -1.85. The van der Waals surface area contributed by atoms with E-state index in [4.69, 9.17) is 23.2 Å². The van der Waals surface area contributed by atoms with Crippen LogP contribution in [0.4, 0.5) is 0 Å². The van der Waals surface area contributed by atoms with Crippen molar-refractivity contribution < 1.29 is 8.42 Å². The maximum atomic E-state index is 13.3. The van der Waals surface area contributed by atoms with Crippen molar-refractivity contribution in [3.8, 4) is 0 Å². The highest BCUT2D eigenvalue weighted by Gasteiger charge is 2.57. The molecule has 0 N–H and O–H groups in total. The van der Waals surface area contributed by atoms with Crippen LogP contribution in [0.25, 0.3) is 0 Å². The van der Waals surface area contributed by atoms with E-state index in [1.54, 1.807) is 6.07 Å². The fourth-order valence-electron chi connectivity index (χ4n) is 3.27. The normalized spacial score (nSPS) is 22.2. The largest absolute Gasteiger partial charge is 0.245 e. The summed E-state index contributed by atoms with van der Waals surface area (Å²) in [6.07, 6.45) is 0. The Kier molecular flexibility index (Phi) is 4.53. The van der Waals surface area contributed by atoms with Gasteiger partial charge in [0.15, 0.2) is 0 Å². The van der Waals surface area contributed by atoms with E-state index < -0.39 is 10.0 Å². The van der Waals surface area contributed by atoms with Crippen LogP contribution >= 0.6 is 23.2 Å². The molecule has 6 heteroatoms. The topological polar surface area (TPSA) is 37.1 Å². The Morgan fingerprint density at radius 2 is 1.23 bits per heavy atom. The Labute approximate surface area is 162 Å². The van der Waals surface area contributed by atoms with Gasteiger partial charge in [-0.25, -0.2) is 8.42 Å². The van der Waals surface area contributed by atoms with Crippen LogP contribution in [0.15, 0.2) is 83.8 Å². The van der Waals surface area contributed by atoms with Crippen LogP contribution in [0, 0.1) is 0 Å². The van der Waals surface area contributed by atoms with Crippen LogP contribution in [-0.2, 0) is 10.0 Å². The number of halogens is 2. The second kappa shape index (κ2) is 6.71. The van der Waals surface area contributed by atoms with E-state index in [0.717, 1.165) is 11.1 Å². The third-order valence-corrected chi connectivity index (χ3v) is 7.07. The van der Waals surface area contributed by atoms with Crippen molar-refractivity contribution in [1.82, 2.24) is 4.31 Å². The van der Waals surface area contributed by atoms with Crippen molar-refractivity contribution in [1.29, 1.82) is 0 Å². The Morgan fingerprint density at radius 3 is 1.69 bits per heavy atom. The van der Waals surface area contributed by atoms with Crippen molar-refractivity contribution in [2.24, 2.45) is 0 Å². The van der Waals surface area contributed by atoms with Crippen LogP contribution in [0.3, 0.4) is 0 Å². The summed E-state index contributed by atoms with van der Waals surface area (Å²) in [5.74, 6) is 0. The first kappa shape index (κ1) is 17.6. The molecule has 3 aromatic carbocycles. The van der Waals surface area contributed by atoms with Gasteiger partial charge in [0, 0.05) is 5.02 Å². The molecule has 0 saturated carbocycles. The Morgan fingerprint density at radius 1 is 0.731 bits per heavy atom. The molecule has 0 aliphatic carbocycles. The summed E-state index contributed by atoms with van der Waals surface area (Å²) in [5.41, 5.74) is 1.91. The van der Waals surface area contributed by atoms with Gasteiger partial charge >= 0.3 is 0 Å². The molecule has 3 nitrogen and oxygen atoms in total. The van der Waals surface area contributed by atoms with E-state index in [-0.39, 0.29) is 22.0 Å². The molecule has 1 saturated heterocycles. The summed E-state index contributed by atoms with van der Waals surface area (Å²) < 4.78 is 28.1. The minimum Gasteiger partial charge on any atom is -0.207 e. The average Bonchev–Trinajstić information content (AvgIpc) is 3.39. The number of benzene rings is 3. The third kappa shape index (κ3) is 3.03. The molecule has 4 rings (SSSR count). The molecule has 0 spiro atoms. The van der Waals surface area contributed by atoms with Gasteiger partial charge in [0.2, 0.25) is 10.0 Å². The van der Waals surface area contributed by atoms with Gasteiger partial charge in [-0.3, -0.25) is 0 Å². The highest BCUT2D eigenvalue weighted by Crippen LogP contribution is 2.58. The molecule has 1 heterocycles. The van der Waals surface area contributed by atoms with Crippen LogP contribution in [0.2, 0.25) is 10.0 Å². The molecule has 1 aliphatic heterocycles. The molecule has 0 aromatic heterocycles. The molecule has 0 radical (unpaired) electrons. The lowest BCUT2D eigenvalue weighted by molar-refractivity contribution is 0.547. The zero-order valence-corrected chi connectivity index (χ0v) is 15.9. The predicted octanol–water partition coefficient (Wildman–Crippen LogP) is 5.48. The van der Waals surface area contributed by atoms with E-state index >= 15 is 0 Å². The van der Waals surface area contributed by atoms with E-state index in [9.17, 15) is 8.42 Å². The van der Waals surface area contributed by atoms with E-state index in [1.807, 2.05) is 60.7 Å². The number of hydrogen-bond acceptors (Lipinski definition) is 2. The predicted molar refractivity (Wildman–Crippen MR) is 104 cm³/mol. The molecule has 132 valence electrons. The summed E-state index contributed by atoms with van der Waals surface area (Å²) in [6.45, 7) is 0. The summed E-state index contributed by atoms with van der Waals surface area (Å²) in [6, 6.07) is 23.2. The Bertz CT molecular complexity index is 994. The molecule has 2 unspecified atom stereocenters. The molecule has 0 bridgehead atoms. The number of hydrogen-bond donors (Lipinski definition) is 0. The summed E-state index contributed by atoms with van der Waals surface area (Å²) in [4.78, 5) is 0.0722. The fourth-order valence-corrected chi connectivity index (χ4v) is 5.76. The van der Waals surface area contributed by atoms with E-state index in [1.165, 1.54) is 16.4 Å². The van der Waals surface area contributed by atoms with Crippen molar-refractivity contribution >= 4 is 33.2 Å². The van der Waals surface area contributed by atoms with Crippen LogP contribution < -0.4 is 0 Å². The van der Waals surface area contributed by atoms with Crippen molar-refractivity contribution in [2.75, 3.05) is 0 Å². The number of rotatable bonds is 4. The monoisotopic (exact) mass is 403 g/mol. The average molecular weight is 404 g/mol. The second-order valence-electron chi connectivity index (χ2n) is 6.12. The zero-order valence-electron chi connectivity index (χ0n) is 13.6. The minimum atomic E-state index is -3.77. The molecule has 3 aromatic rings. The van der Waals surface area contributed by atoms with Gasteiger partial charge in [0.05, 0.1) is 17.1 Å². The standard InChI is InChI=1S/C20H15Cl2NO2S/c21-16-11-12-18(17(22)13-16)26(24,25)23-19(14-7-3-1-4-8-14)20(23)15-9-5-2-6-10-15/h1-13,19-20H. The summed E-state index contributed by atoms with van der Waals surface area (Å²) in [5, 5.41) is 0.530. The van der Waals surface area contributed by atoms with Gasteiger partial charge in [-0.1, -0.05) is 83.9 Å². The lowest BCUT2D eigenvalue weighted by Gasteiger charge is -2.09. The second-order valence-corrected chi connectivity index (χ2v) is 8.78.